The first-order valence-corrected chi connectivity index (χ1v) is 9.83. The first-order valence-electron chi connectivity index (χ1n) is 9.83. The summed E-state index contributed by atoms with van der Waals surface area (Å²) in [5, 5.41) is 35.0. The second-order valence-corrected chi connectivity index (χ2v) is 7.80. The molecule has 31 heavy (non-hydrogen) atoms. The first-order chi connectivity index (χ1) is 14.4. The van der Waals surface area contributed by atoms with E-state index in [0.717, 1.165) is 0 Å². The summed E-state index contributed by atoms with van der Waals surface area (Å²) in [5.41, 5.74) is -0.525. The maximum atomic E-state index is 12.4. The fourth-order valence-electron chi connectivity index (χ4n) is 2.41. The number of hydrogen-bond acceptors (Lipinski definition) is 8. The van der Waals surface area contributed by atoms with Crippen LogP contribution in [-0.2, 0) is 24.0 Å². The van der Waals surface area contributed by atoms with E-state index in [4.69, 9.17) is 5.11 Å². The molecule has 0 fully saturated rings. The molecular formula is C18H30N6O7. The largest absolute Gasteiger partial charge is 0.480 e. The van der Waals surface area contributed by atoms with Gasteiger partial charge in [-0.1, -0.05) is 13.8 Å². The molecule has 0 saturated heterocycles. The molecule has 0 saturated carbocycles. The van der Waals surface area contributed by atoms with Gasteiger partial charge >= 0.3 is 5.97 Å². The van der Waals surface area contributed by atoms with Crippen molar-refractivity contribution in [2.45, 2.75) is 64.3 Å². The van der Waals surface area contributed by atoms with Gasteiger partial charge in [0.25, 0.3) is 0 Å². The summed E-state index contributed by atoms with van der Waals surface area (Å²) >= 11 is 0. The molecule has 0 aromatic carbocycles. The van der Waals surface area contributed by atoms with E-state index in [-0.39, 0.29) is 18.2 Å². The molecule has 1 heterocycles. The second kappa shape index (κ2) is 11.3. The van der Waals surface area contributed by atoms with Crippen molar-refractivity contribution in [3.05, 3.63) is 0 Å². The molecule has 0 radical (unpaired) electrons. The van der Waals surface area contributed by atoms with Crippen LogP contribution in [0.25, 0.3) is 0 Å². The summed E-state index contributed by atoms with van der Waals surface area (Å²) < 4.78 is 0. The molecule has 0 bridgehead atoms. The predicted octanol–water partition coefficient (Wildman–Crippen LogP) is -1.73. The lowest BCUT2D eigenvalue weighted by molar-refractivity contribution is -0.142. The van der Waals surface area contributed by atoms with Crippen LogP contribution in [0.1, 0.15) is 40.5 Å². The summed E-state index contributed by atoms with van der Waals surface area (Å²) in [6.07, 6.45) is 0.571. The van der Waals surface area contributed by atoms with E-state index in [9.17, 15) is 29.1 Å². The molecule has 0 aliphatic carbocycles. The summed E-state index contributed by atoms with van der Waals surface area (Å²) in [7, 11) is 0. The van der Waals surface area contributed by atoms with Crippen LogP contribution in [0.2, 0.25) is 0 Å². The van der Waals surface area contributed by atoms with Crippen LogP contribution in [-0.4, -0.2) is 76.8 Å². The molecular weight excluding hydrogens is 412 g/mol. The molecule has 4 amide bonds. The lowest BCUT2D eigenvalue weighted by Crippen LogP contribution is -2.55. The molecule has 6 N–H and O–H groups in total. The number of carbonyl (C=O) groups excluding carboxylic acids is 4. The van der Waals surface area contributed by atoms with Crippen molar-refractivity contribution in [1.29, 1.82) is 0 Å². The molecule has 13 heteroatoms. The minimum absolute atomic E-state index is 0.141. The fourth-order valence-corrected chi connectivity index (χ4v) is 2.41. The van der Waals surface area contributed by atoms with Crippen molar-refractivity contribution in [1.82, 2.24) is 21.3 Å². The third kappa shape index (κ3) is 9.07. The Balaban J connectivity index is 2.50. The van der Waals surface area contributed by atoms with Gasteiger partial charge in [-0.15, -0.1) is 0 Å². The molecule has 1 aliphatic rings. The van der Waals surface area contributed by atoms with Crippen LogP contribution >= 0.6 is 0 Å². The van der Waals surface area contributed by atoms with Crippen molar-refractivity contribution in [2.24, 2.45) is 16.1 Å². The number of carboxylic acids is 1. The van der Waals surface area contributed by atoms with Gasteiger partial charge in [-0.05, 0) is 19.8 Å². The van der Waals surface area contributed by atoms with Gasteiger partial charge in [0.15, 0.2) is 5.66 Å². The molecule has 0 aromatic rings. The summed E-state index contributed by atoms with van der Waals surface area (Å²) in [6, 6.07) is -3.47. The maximum absolute atomic E-state index is 12.4. The Labute approximate surface area is 179 Å². The van der Waals surface area contributed by atoms with E-state index < -0.39 is 60.6 Å². The molecule has 0 aromatic heterocycles. The number of carbonyl (C=O) groups is 5. The van der Waals surface area contributed by atoms with Crippen LogP contribution in [0.15, 0.2) is 10.2 Å². The lowest BCUT2D eigenvalue weighted by atomic mass is 10.0. The number of carboxylic acid groups (broad SMARTS) is 1. The molecule has 0 unspecified atom stereocenters. The third-order valence-corrected chi connectivity index (χ3v) is 4.52. The minimum atomic E-state index is -1.38. The summed E-state index contributed by atoms with van der Waals surface area (Å²) in [4.78, 5) is 59.3. The monoisotopic (exact) mass is 442 g/mol. The SMILES string of the molecule is CC(C)[C@H](NC(=O)CCC1(C)N=N1)C(=O)NCC(=O)N[C@@H](CO)C(=O)N[C@@H](C)C(=O)O. The number of nitrogens with zero attached hydrogens (tertiary/aromatic N) is 2. The normalized spacial score (nSPS) is 16.6. The van der Waals surface area contributed by atoms with Crippen LogP contribution in [0.5, 0.6) is 0 Å². The Morgan fingerprint density at radius 1 is 0.935 bits per heavy atom. The van der Waals surface area contributed by atoms with E-state index in [1.54, 1.807) is 20.8 Å². The van der Waals surface area contributed by atoms with Gasteiger partial charge in [0, 0.05) is 12.8 Å². The standard InChI is InChI=1S/C18H30N6O7/c1-9(2)14(22-12(26)5-6-18(4)23-24-18)16(29)19-7-13(27)21-11(8-25)15(28)20-10(3)17(30)31/h9-11,14,25H,5-8H2,1-4H3,(H,19,29)(H,20,28)(H,21,27)(H,22,26)(H,30,31)/t10-,11-,14-/m0/s1. The van der Waals surface area contributed by atoms with E-state index in [1.807, 2.05) is 0 Å². The van der Waals surface area contributed by atoms with Crippen LogP contribution < -0.4 is 21.3 Å². The van der Waals surface area contributed by atoms with Crippen LogP contribution in [0.3, 0.4) is 0 Å². The zero-order chi connectivity index (χ0) is 23.8. The summed E-state index contributed by atoms with van der Waals surface area (Å²) in [6.45, 7) is 5.20. The zero-order valence-corrected chi connectivity index (χ0v) is 18.0. The number of rotatable bonds is 13. The maximum Gasteiger partial charge on any atom is 0.325 e. The van der Waals surface area contributed by atoms with Crippen molar-refractivity contribution in [3.63, 3.8) is 0 Å². The van der Waals surface area contributed by atoms with Gasteiger partial charge < -0.3 is 31.5 Å². The van der Waals surface area contributed by atoms with E-state index in [1.165, 1.54) is 6.92 Å². The number of aliphatic hydroxyl groups excluding tert-OH is 1. The predicted molar refractivity (Wildman–Crippen MR) is 107 cm³/mol. The van der Waals surface area contributed by atoms with Gasteiger partial charge in [-0.25, -0.2) is 0 Å². The van der Waals surface area contributed by atoms with Crippen molar-refractivity contribution in [3.8, 4) is 0 Å². The van der Waals surface area contributed by atoms with Crippen LogP contribution in [0, 0.1) is 5.92 Å². The highest BCUT2D eigenvalue weighted by Gasteiger charge is 2.34. The average Bonchev–Trinajstić information content (AvgIpc) is 3.43. The van der Waals surface area contributed by atoms with E-state index in [2.05, 4.69) is 31.5 Å². The van der Waals surface area contributed by atoms with E-state index in [0.29, 0.717) is 6.42 Å². The highest BCUT2D eigenvalue weighted by Crippen LogP contribution is 2.31. The van der Waals surface area contributed by atoms with Gasteiger partial charge in [0.05, 0.1) is 13.2 Å². The highest BCUT2D eigenvalue weighted by atomic mass is 16.4. The highest BCUT2D eigenvalue weighted by molar-refractivity contribution is 5.93. The number of amides is 4. The number of aliphatic carboxylic acids is 1. The Hall–Kier alpha value is -3.09. The molecule has 1 aliphatic heterocycles. The van der Waals surface area contributed by atoms with Gasteiger partial charge in [0.2, 0.25) is 23.6 Å². The number of aliphatic hydroxyl groups is 1. The molecule has 174 valence electrons. The lowest BCUT2D eigenvalue weighted by Gasteiger charge is -2.22. The number of nitrogens with one attached hydrogen (secondary N) is 4. The third-order valence-electron chi connectivity index (χ3n) is 4.52. The number of hydrogen-bond donors (Lipinski definition) is 6. The molecule has 1 rings (SSSR count). The molecule has 0 spiro atoms. The first kappa shape index (κ1) is 25.9. The van der Waals surface area contributed by atoms with Crippen molar-refractivity contribution < 1.29 is 34.2 Å². The molecule has 3 atom stereocenters. The van der Waals surface area contributed by atoms with Gasteiger partial charge in [0.1, 0.15) is 18.1 Å². The Morgan fingerprint density at radius 2 is 1.55 bits per heavy atom. The smallest absolute Gasteiger partial charge is 0.325 e. The van der Waals surface area contributed by atoms with Gasteiger partial charge in [-0.3, -0.25) is 24.0 Å². The zero-order valence-electron chi connectivity index (χ0n) is 18.0. The Bertz CT molecular complexity index is 733. The van der Waals surface area contributed by atoms with Crippen molar-refractivity contribution in [2.75, 3.05) is 13.2 Å². The van der Waals surface area contributed by atoms with Gasteiger partial charge in [-0.2, -0.15) is 10.2 Å². The topological polar surface area (TPSA) is 199 Å². The van der Waals surface area contributed by atoms with Crippen LogP contribution in [0.4, 0.5) is 0 Å². The molecule has 13 nitrogen and oxygen atoms in total. The summed E-state index contributed by atoms with van der Waals surface area (Å²) in [5.74, 6) is -4.13. The Morgan fingerprint density at radius 3 is 2.03 bits per heavy atom. The quantitative estimate of drug-likeness (QED) is 0.195. The average molecular weight is 442 g/mol. The van der Waals surface area contributed by atoms with E-state index >= 15 is 0 Å². The Kier molecular flexibility index (Phi) is 9.49. The fraction of sp³-hybridized carbons (Fsp3) is 0.722. The van der Waals surface area contributed by atoms with Crippen molar-refractivity contribution >= 4 is 29.6 Å². The minimum Gasteiger partial charge on any atom is -0.480 e. The second-order valence-electron chi connectivity index (χ2n) is 7.80.